The first kappa shape index (κ1) is 27.5. The third kappa shape index (κ3) is 5.62. The molecule has 0 saturated carbocycles. The molecule has 0 aliphatic carbocycles. The highest BCUT2D eigenvalue weighted by molar-refractivity contribution is 6.39. The van der Waals surface area contributed by atoms with Crippen LogP contribution in [0.4, 0.5) is 0 Å². The van der Waals surface area contributed by atoms with Gasteiger partial charge >= 0.3 is 5.97 Å². The molecule has 0 aliphatic heterocycles. The van der Waals surface area contributed by atoms with Crippen LogP contribution in [0.1, 0.15) is 42.1 Å². The molecule has 9 heteroatoms. The van der Waals surface area contributed by atoms with Crippen LogP contribution in [0, 0.1) is 0 Å². The van der Waals surface area contributed by atoms with Crippen molar-refractivity contribution in [2.75, 3.05) is 6.61 Å². The molecule has 0 amide bonds. The van der Waals surface area contributed by atoms with Gasteiger partial charge in [0.1, 0.15) is 29.4 Å². The molecular formula is C31H25Cl2NO6. The molecule has 3 aromatic carbocycles. The second-order valence-corrected chi connectivity index (χ2v) is 9.81. The number of hydrogen-bond acceptors (Lipinski definition) is 7. The average molecular weight is 578 g/mol. The number of esters is 1. The van der Waals surface area contributed by atoms with Gasteiger partial charge in [-0.3, -0.25) is 4.79 Å². The van der Waals surface area contributed by atoms with Gasteiger partial charge in [-0.2, -0.15) is 0 Å². The number of ether oxygens (including phenoxy) is 2. The fraction of sp³-hybridized carbons (Fsp3) is 0.194. The minimum absolute atomic E-state index is 0.122. The lowest BCUT2D eigenvalue weighted by Gasteiger charge is -2.10. The van der Waals surface area contributed by atoms with Crippen molar-refractivity contribution in [1.82, 2.24) is 5.16 Å². The maximum absolute atomic E-state index is 12.7. The Morgan fingerprint density at radius 1 is 0.950 bits per heavy atom. The van der Waals surface area contributed by atoms with Gasteiger partial charge in [-0.25, -0.2) is 4.79 Å². The van der Waals surface area contributed by atoms with E-state index in [0.29, 0.717) is 44.4 Å². The lowest BCUT2D eigenvalue weighted by molar-refractivity contribution is 0.0490. The Kier molecular flexibility index (Phi) is 8.24. The van der Waals surface area contributed by atoms with Crippen molar-refractivity contribution in [2.45, 2.75) is 33.3 Å². The Bertz CT molecular complexity index is 1720. The SMILES string of the molecule is CCCc1onc(-c2c(Cl)cccc2Cl)c1COc1ccc(-c2ccc3oc(C(=O)OCC)cc(=O)c3c2)cc1. The molecule has 7 nitrogen and oxygen atoms in total. The molecule has 0 unspecified atom stereocenters. The smallest absolute Gasteiger partial charge is 0.374 e. The number of aromatic nitrogens is 1. The van der Waals surface area contributed by atoms with Crippen molar-refractivity contribution >= 4 is 40.1 Å². The fourth-order valence-electron chi connectivity index (χ4n) is 4.37. The van der Waals surface area contributed by atoms with Gasteiger partial charge < -0.3 is 18.4 Å². The number of halogens is 2. The van der Waals surface area contributed by atoms with E-state index >= 15 is 0 Å². The number of carbonyl (C=O) groups is 1. The van der Waals surface area contributed by atoms with Gasteiger partial charge in [-0.15, -0.1) is 0 Å². The van der Waals surface area contributed by atoms with Gasteiger partial charge in [0.05, 0.1) is 27.6 Å². The van der Waals surface area contributed by atoms with E-state index in [-0.39, 0.29) is 24.4 Å². The molecule has 0 radical (unpaired) electrons. The monoisotopic (exact) mass is 577 g/mol. The van der Waals surface area contributed by atoms with Crippen LogP contribution in [0.2, 0.25) is 10.0 Å². The summed E-state index contributed by atoms with van der Waals surface area (Å²) in [5.41, 5.74) is 3.66. The van der Waals surface area contributed by atoms with Crippen molar-refractivity contribution < 1.29 is 23.2 Å². The minimum Gasteiger partial charge on any atom is -0.489 e. The summed E-state index contributed by atoms with van der Waals surface area (Å²) in [6.45, 7) is 4.15. The van der Waals surface area contributed by atoms with Crippen LogP contribution in [0.5, 0.6) is 5.75 Å². The topological polar surface area (TPSA) is 91.8 Å². The second kappa shape index (κ2) is 12.0. The van der Waals surface area contributed by atoms with E-state index in [4.69, 9.17) is 41.6 Å². The molecule has 0 fully saturated rings. The third-order valence-corrected chi connectivity index (χ3v) is 6.95. The molecule has 2 heterocycles. The summed E-state index contributed by atoms with van der Waals surface area (Å²) in [5.74, 6) is 0.578. The van der Waals surface area contributed by atoms with Crippen LogP contribution in [0.3, 0.4) is 0 Å². The molecule has 0 saturated heterocycles. The van der Waals surface area contributed by atoms with E-state index in [2.05, 4.69) is 12.1 Å². The number of rotatable bonds is 9. The quantitative estimate of drug-likeness (QED) is 0.163. The van der Waals surface area contributed by atoms with E-state index in [9.17, 15) is 9.59 Å². The van der Waals surface area contributed by atoms with Gasteiger partial charge in [0.15, 0.2) is 5.43 Å². The van der Waals surface area contributed by atoms with Gasteiger partial charge in [-0.05, 0) is 60.9 Å². The highest BCUT2D eigenvalue weighted by Gasteiger charge is 2.22. The zero-order chi connectivity index (χ0) is 28.2. The van der Waals surface area contributed by atoms with Crippen LogP contribution >= 0.6 is 23.2 Å². The third-order valence-electron chi connectivity index (χ3n) is 6.32. The summed E-state index contributed by atoms with van der Waals surface area (Å²) in [5, 5.41) is 5.60. The van der Waals surface area contributed by atoms with E-state index in [1.807, 2.05) is 30.3 Å². The van der Waals surface area contributed by atoms with Gasteiger partial charge in [-0.1, -0.05) is 59.5 Å². The highest BCUT2D eigenvalue weighted by Crippen LogP contribution is 2.37. The Hall–Kier alpha value is -4.07. The standard InChI is InChI=1S/C31H25Cl2NO6/c1-3-6-27-22(30(34-40-27)29-23(32)7-5-8-24(29)33)17-38-20-12-9-18(10-13-20)19-11-14-26-21(15-19)25(35)16-28(39-26)31(36)37-4-2/h5,7-16H,3-4,6,17H2,1-2H3. The minimum atomic E-state index is -0.670. The van der Waals surface area contributed by atoms with Crippen LogP contribution in [0.25, 0.3) is 33.4 Å². The summed E-state index contributed by atoms with van der Waals surface area (Å²) in [6, 6.07) is 19.2. The summed E-state index contributed by atoms with van der Waals surface area (Å²) in [4.78, 5) is 24.6. The van der Waals surface area contributed by atoms with E-state index in [1.54, 1.807) is 37.3 Å². The van der Waals surface area contributed by atoms with Crippen molar-refractivity contribution in [3.8, 4) is 28.1 Å². The molecule has 0 aliphatic rings. The first-order valence-corrected chi connectivity index (χ1v) is 13.5. The molecule has 0 atom stereocenters. The summed E-state index contributed by atoms with van der Waals surface area (Å²) < 4.78 is 22.3. The fourth-order valence-corrected chi connectivity index (χ4v) is 4.95. The normalized spacial score (nSPS) is 11.1. The maximum atomic E-state index is 12.7. The Morgan fingerprint density at radius 2 is 1.68 bits per heavy atom. The predicted molar refractivity (Wildman–Crippen MR) is 154 cm³/mol. The summed E-state index contributed by atoms with van der Waals surface area (Å²) >= 11 is 12.9. The number of fused-ring (bicyclic) bond motifs is 1. The first-order valence-electron chi connectivity index (χ1n) is 12.8. The molecule has 0 bridgehead atoms. The first-order chi connectivity index (χ1) is 19.4. The van der Waals surface area contributed by atoms with E-state index < -0.39 is 5.97 Å². The van der Waals surface area contributed by atoms with Crippen LogP contribution in [0.15, 0.2) is 80.5 Å². The molecule has 0 spiro atoms. The van der Waals surface area contributed by atoms with Crippen molar-refractivity contribution in [3.63, 3.8) is 0 Å². The van der Waals surface area contributed by atoms with E-state index in [1.165, 1.54) is 0 Å². The van der Waals surface area contributed by atoms with Gasteiger partial charge in [0.2, 0.25) is 5.76 Å². The summed E-state index contributed by atoms with van der Waals surface area (Å²) in [6.07, 6.45) is 1.57. The highest BCUT2D eigenvalue weighted by atomic mass is 35.5. The van der Waals surface area contributed by atoms with E-state index in [0.717, 1.165) is 34.9 Å². The molecule has 2 aromatic heterocycles. The zero-order valence-corrected chi connectivity index (χ0v) is 23.3. The average Bonchev–Trinajstić information content (AvgIpc) is 3.34. The molecule has 5 aromatic rings. The summed E-state index contributed by atoms with van der Waals surface area (Å²) in [7, 11) is 0. The van der Waals surface area contributed by atoms with Crippen LogP contribution in [-0.2, 0) is 17.8 Å². The van der Waals surface area contributed by atoms with Crippen molar-refractivity contribution in [1.29, 1.82) is 0 Å². The number of nitrogens with zero attached hydrogens (tertiary/aromatic N) is 1. The number of hydrogen-bond donors (Lipinski definition) is 0. The van der Waals surface area contributed by atoms with Crippen LogP contribution < -0.4 is 10.2 Å². The molecule has 5 rings (SSSR count). The largest absolute Gasteiger partial charge is 0.489 e. The van der Waals surface area contributed by atoms with Gasteiger partial charge in [0.25, 0.3) is 0 Å². The second-order valence-electron chi connectivity index (χ2n) is 9.00. The molecule has 40 heavy (non-hydrogen) atoms. The molecular weight excluding hydrogens is 553 g/mol. The molecule has 204 valence electrons. The number of benzene rings is 3. The maximum Gasteiger partial charge on any atom is 0.374 e. The van der Waals surface area contributed by atoms with Crippen molar-refractivity contribution in [3.05, 3.63) is 104 Å². The molecule has 0 N–H and O–H groups in total. The lowest BCUT2D eigenvalue weighted by atomic mass is 10.0. The Balaban J connectivity index is 1.37. The number of aryl methyl sites for hydroxylation is 1. The Morgan fingerprint density at radius 3 is 2.38 bits per heavy atom. The Labute approximate surface area is 240 Å². The van der Waals surface area contributed by atoms with Gasteiger partial charge in [0, 0.05) is 18.1 Å². The van der Waals surface area contributed by atoms with Crippen molar-refractivity contribution in [2.24, 2.45) is 0 Å². The number of carbonyl (C=O) groups excluding carboxylic acids is 1. The lowest BCUT2D eigenvalue weighted by Crippen LogP contribution is -2.10. The van der Waals surface area contributed by atoms with Crippen LogP contribution in [-0.4, -0.2) is 17.7 Å². The predicted octanol–water partition coefficient (Wildman–Crippen LogP) is 8.13. The zero-order valence-electron chi connectivity index (χ0n) is 21.8.